The minimum Gasteiger partial charge on any atom is -0.463 e. The van der Waals surface area contributed by atoms with Gasteiger partial charge in [-0.25, -0.2) is 4.79 Å². The summed E-state index contributed by atoms with van der Waals surface area (Å²) in [7, 11) is 0. The zero-order chi connectivity index (χ0) is 23.3. The van der Waals surface area contributed by atoms with Gasteiger partial charge in [0.25, 0.3) is 0 Å². The summed E-state index contributed by atoms with van der Waals surface area (Å²) < 4.78 is 5.69. The van der Waals surface area contributed by atoms with Crippen LogP contribution in [0.1, 0.15) is 56.2 Å². The molecule has 0 radical (unpaired) electrons. The van der Waals surface area contributed by atoms with Crippen molar-refractivity contribution in [2.45, 2.75) is 62.0 Å². The molecule has 2 heterocycles. The van der Waals surface area contributed by atoms with Gasteiger partial charge in [0.05, 0.1) is 12.3 Å². The van der Waals surface area contributed by atoms with E-state index >= 15 is 0 Å². The zero-order valence-corrected chi connectivity index (χ0v) is 18.8. The van der Waals surface area contributed by atoms with Gasteiger partial charge in [-0.2, -0.15) is 10.2 Å². The maximum atomic E-state index is 13.3. The van der Waals surface area contributed by atoms with E-state index in [2.05, 4.69) is 15.5 Å². The maximum Gasteiger partial charge on any atom is 0.343 e. The van der Waals surface area contributed by atoms with Crippen LogP contribution in [0.2, 0.25) is 0 Å². The second kappa shape index (κ2) is 9.97. The van der Waals surface area contributed by atoms with Gasteiger partial charge in [0, 0.05) is 24.6 Å². The second-order valence-corrected chi connectivity index (χ2v) is 9.09. The number of nitrogens with zero attached hydrogens (tertiary/aromatic N) is 2. The van der Waals surface area contributed by atoms with Crippen LogP contribution in [-0.2, 0) is 25.3 Å². The molecule has 1 aliphatic heterocycles. The Bertz CT molecular complexity index is 945. The second-order valence-electron chi connectivity index (χ2n) is 9.09. The Hall–Kier alpha value is -2.84. The van der Waals surface area contributed by atoms with Crippen LogP contribution in [0.3, 0.4) is 0 Å². The van der Waals surface area contributed by atoms with Crippen LogP contribution >= 0.6 is 0 Å². The lowest BCUT2D eigenvalue weighted by Gasteiger charge is -2.36. The third kappa shape index (κ3) is 4.37. The van der Waals surface area contributed by atoms with Gasteiger partial charge in [-0.15, -0.1) is 0 Å². The van der Waals surface area contributed by atoms with Gasteiger partial charge in [-0.05, 0) is 49.9 Å². The minimum atomic E-state index is -1.72. The minimum absolute atomic E-state index is 0.0710. The first-order valence-corrected chi connectivity index (χ1v) is 11.8. The molecule has 33 heavy (non-hydrogen) atoms. The van der Waals surface area contributed by atoms with Gasteiger partial charge in [0.2, 0.25) is 5.91 Å². The summed E-state index contributed by atoms with van der Waals surface area (Å²) in [5.41, 5.74) is 4.06. The van der Waals surface area contributed by atoms with Crippen LogP contribution in [-0.4, -0.2) is 46.4 Å². The molecule has 1 saturated heterocycles. The lowest BCUT2D eigenvalue weighted by molar-refractivity contribution is -0.174. The van der Waals surface area contributed by atoms with Crippen molar-refractivity contribution in [3.63, 3.8) is 0 Å². The van der Waals surface area contributed by atoms with Crippen LogP contribution in [0.15, 0.2) is 48.7 Å². The van der Waals surface area contributed by atoms with Crippen molar-refractivity contribution in [3.05, 3.63) is 59.9 Å². The number of nitrogens with one attached hydrogen (secondary N) is 1. The molecule has 8 nitrogen and oxygen atoms in total. The van der Waals surface area contributed by atoms with E-state index in [0.717, 1.165) is 45.1 Å². The molecule has 4 rings (SSSR count). The molecular weight excluding hydrogens is 420 g/mol. The Kier molecular flexibility index (Phi) is 7.05. The summed E-state index contributed by atoms with van der Waals surface area (Å²) in [6, 6.07) is 12.2. The van der Waals surface area contributed by atoms with Gasteiger partial charge in [0.15, 0.2) is 5.60 Å². The first-order valence-electron chi connectivity index (χ1n) is 11.8. The summed E-state index contributed by atoms with van der Waals surface area (Å²) in [5.74, 6) is -1.42. The summed E-state index contributed by atoms with van der Waals surface area (Å²) in [4.78, 5) is 26.2. The predicted molar refractivity (Wildman–Crippen MR) is 122 cm³/mol. The van der Waals surface area contributed by atoms with Crippen LogP contribution in [0.4, 0.5) is 0 Å². The molecule has 176 valence electrons. The lowest BCUT2D eigenvalue weighted by atomic mass is 9.73. The van der Waals surface area contributed by atoms with Gasteiger partial charge in [-0.1, -0.05) is 43.2 Å². The fourth-order valence-electron chi connectivity index (χ4n) is 5.52. The number of hydrogen-bond donors (Lipinski definition) is 3. The number of aliphatic hydroxyl groups is 1. The molecule has 1 aromatic heterocycles. The van der Waals surface area contributed by atoms with Crippen LogP contribution in [0.5, 0.6) is 0 Å². The van der Waals surface area contributed by atoms with E-state index in [0.29, 0.717) is 11.3 Å². The van der Waals surface area contributed by atoms with Crippen molar-refractivity contribution in [1.82, 2.24) is 15.5 Å². The van der Waals surface area contributed by atoms with E-state index in [-0.39, 0.29) is 25.0 Å². The summed E-state index contributed by atoms with van der Waals surface area (Å²) >= 11 is 0. The molecule has 2 fully saturated rings. The van der Waals surface area contributed by atoms with Crippen molar-refractivity contribution >= 4 is 11.9 Å². The Morgan fingerprint density at radius 1 is 1.09 bits per heavy atom. The molecule has 0 bridgehead atoms. The largest absolute Gasteiger partial charge is 0.463 e. The fraction of sp³-hybridized carbons (Fsp3) is 0.520. The molecule has 1 aliphatic carbocycles. The third-order valence-electron chi connectivity index (χ3n) is 7.32. The quantitative estimate of drug-likeness (QED) is 0.496. The number of primary amides is 1. The summed E-state index contributed by atoms with van der Waals surface area (Å²) in [6.07, 6.45) is 6.82. The maximum absolute atomic E-state index is 13.3. The molecule has 8 heteroatoms. The van der Waals surface area contributed by atoms with Crippen molar-refractivity contribution in [2.75, 3.05) is 13.2 Å². The SMILES string of the molecule is NC(=O)C(CCOC(=O)C(O)(c1ccccc1)C1CCCC1)(c1cccnn1)[C@H]1CCCN1. The van der Waals surface area contributed by atoms with Crippen molar-refractivity contribution in [3.8, 4) is 0 Å². The lowest BCUT2D eigenvalue weighted by Crippen LogP contribution is -2.55. The Labute approximate surface area is 193 Å². The molecule has 4 N–H and O–H groups in total. The molecule has 3 atom stereocenters. The number of aromatic nitrogens is 2. The van der Waals surface area contributed by atoms with Gasteiger partial charge >= 0.3 is 5.97 Å². The molecular formula is C25H32N4O4. The highest BCUT2D eigenvalue weighted by Gasteiger charge is 2.50. The topological polar surface area (TPSA) is 127 Å². The van der Waals surface area contributed by atoms with E-state index in [9.17, 15) is 14.7 Å². The van der Waals surface area contributed by atoms with Gasteiger partial charge < -0.3 is 20.9 Å². The molecule has 2 aromatic rings. The summed E-state index contributed by atoms with van der Waals surface area (Å²) in [6.45, 7) is 0.702. The number of hydrogen-bond acceptors (Lipinski definition) is 7. The van der Waals surface area contributed by atoms with E-state index in [1.807, 2.05) is 6.07 Å². The number of esters is 1. The highest BCUT2D eigenvalue weighted by atomic mass is 16.5. The normalized spacial score (nSPS) is 22.4. The van der Waals surface area contributed by atoms with Crippen LogP contribution in [0.25, 0.3) is 0 Å². The Balaban J connectivity index is 1.57. The zero-order valence-electron chi connectivity index (χ0n) is 18.8. The standard InChI is InChI=1S/C25H32N4O4/c26-22(30)24(20-12-6-15-27-20,21-13-7-16-28-29-21)14-17-33-23(31)25(32,19-10-4-5-11-19)18-8-2-1-3-9-18/h1-3,7-9,13,16,19-20,27,32H,4-6,10-12,14-15,17H2,(H2,26,30)/t20-,24?,25?/m1/s1. The highest BCUT2D eigenvalue weighted by Crippen LogP contribution is 2.42. The third-order valence-corrected chi connectivity index (χ3v) is 7.32. The number of carbonyl (C=O) groups excluding carboxylic acids is 2. The van der Waals surface area contributed by atoms with Gasteiger partial charge in [-0.3, -0.25) is 4.79 Å². The van der Waals surface area contributed by atoms with E-state index < -0.39 is 22.9 Å². The average molecular weight is 453 g/mol. The molecule has 1 aromatic carbocycles. The number of amides is 1. The monoisotopic (exact) mass is 452 g/mol. The van der Waals surface area contributed by atoms with E-state index in [4.69, 9.17) is 10.5 Å². The molecule has 1 saturated carbocycles. The number of carbonyl (C=O) groups is 2. The molecule has 1 amide bonds. The van der Waals surface area contributed by atoms with Crippen molar-refractivity contribution in [2.24, 2.45) is 11.7 Å². The summed E-state index contributed by atoms with van der Waals surface area (Å²) in [5, 5.41) is 23.1. The van der Waals surface area contributed by atoms with Gasteiger partial charge in [0.1, 0.15) is 5.41 Å². The first-order chi connectivity index (χ1) is 16.0. The first kappa shape index (κ1) is 23.3. The van der Waals surface area contributed by atoms with E-state index in [1.165, 1.54) is 0 Å². The number of rotatable bonds is 9. The number of ether oxygens (including phenoxy) is 1. The highest BCUT2D eigenvalue weighted by molar-refractivity contribution is 5.87. The van der Waals surface area contributed by atoms with Crippen molar-refractivity contribution < 1.29 is 19.4 Å². The molecule has 2 aliphatic rings. The Morgan fingerprint density at radius 3 is 2.45 bits per heavy atom. The Morgan fingerprint density at radius 2 is 1.85 bits per heavy atom. The number of nitrogens with two attached hydrogens (primary N) is 1. The van der Waals surface area contributed by atoms with Crippen LogP contribution in [0, 0.1) is 5.92 Å². The molecule has 0 spiro atoms. The van der Waals surface area contributed by atoms with E-state index in [1.54, 1.807) is 42.6 Å². The number of benzene rings is 1. The predicted octanol–water partition coefficient (Wildman–Crippen LogP) is 1.96. The smallest absolute Gasteiger partial charge is 0.343 e. The average Bonchev–Trinajstić information content (AvgIpc) is 3.57. The molecule has 2 unspecified atom stereocenters. The fourth-order valence-corrected chi connectivity index (χ4v) is 5.52. The van der Waals surface area contributed by atoms with Crippen LogP contribution < -0.4 is 11.1 Å². The van der Waals surface area contributed by atoms with Crippen molar-refractivity contribution in [1.29, 1.82) is 0 Å².